The summed E-state index contributed by atoms with van der Waals surface area (Å²) >= 11 is 0. The molecule has 1 atom stereocenters. The predicted molar refractivity (Wildman–Crippen MR) is 85.9 cm³/mol. The van der Waals surface area contributed by atoms with Crippen molar-refractivity contribution in [2.45, 2.75) is 51.6 Å². The van der Waals surface area contributed by atoms with Gasteiger partial charge in [0.15, 0.2) is 11.9 Å². The Morgan fingerprint density at radius 1 is 1.17 bits per heavy atom. The van der Waals surface area contributed by atoms with E-state index in [1.807, 2.05) is 19.3 Å². The molecule has 4 saturated carbocycles. The van der Waals surface area contributed by atoms with Crippen LogP contribution in [0.5, 0.6) is 0 Å². The molecule has 0 N–H and O–H groups in total. The molecule has 4 nitrogen and oxygen atoms in total. The van der Waals surface area contributed by atoms with Gasteiger partial charge in [-0.15, -0.1) is 0 Å². The summed E-state index contributed by atoms with van der Waals surface area (Å²) in [6.07, 6.45) is 8.14. The Bertz CT molecular complexity index is 610. The molecule has 1 aromatic rings. The van der Waals surface area contributed by atoms with Crippen LogP contribution in [0.1, 0.15) is 55.9 Å². The normalized spacial score (nSPS) is 36.0. The molecule has 23 heavy (non-hydrogen) atoms. The number of rotatable bonds is 4. The summed E-state index contributed by atoms with van der Waals surface area (Å²) in [4.78, 5) is 25.4. The minimum Gasteiger partial charge on any atom is -0.450 e. The highest BCUT2D eigenvalue weighted by molar-refractivity contribution is 5.94. The van der Waals surface area contributed by atoms with Crippen molar-refractivity contribution in [2.24, 2.45) is 30.2 Å². The monoisotopic (exact) mass is 315 g/mol. The number of aromatic nitrogens is 1. The smallest absolute Gasteiger partial charge is 0.355 e. The highest BCUT2D eigenvalue weighted by Crippen LogP contribution is 2.60. The SMILES string of the molecule is C[C@H](OC(=O)c1cccn1C)C(=O)C12CC3CC(CC(C3)C1)C2. The molecule has 1 heterocycles. The molecular weight excluding hydrogens is 290 g/mol. The summed E-state index contributed by atoms with van der Waals surface area (Å²) < 4.78 is 7.24. The van der Waals surface area contributed by atoms with E-state index >= 15 is 0 Å². The summed E-state index contributed by atoms with van der Waals surface area (Å²) in [5, 5.41) is 0. The second kappa shape index (κ2) is 5.22. The fourth-order valence-corrected chi connectivity index (χ4v) is 5.79. The molecule has 4 fully saturated rings. The van der Waals surface area contributed by atoms with Crippen LogP contribution in [0.4, 0.5) is 0 Å². The standard InChI is InChI=1S/C19H25NO3/c1-12(23-18(22)16-4-3-5-20(16)2)17(21)19-9-13-6-14(10-19)8-15(7-13)11-19/h3-5,12-15H,6-11H2,1-2H3/t12-,13?,14?,15?,19?/m0/s1. The molecule has 4 bridgehead atoms. The Labute approximate surface area is 137 Å². The highest BCUT2D eigenvalue weighted by Gasteiger charge is 2.55. The summed E-state index contributed by atoms with van der Waals surface area (Å²) in [6, 6.07) is 3.53. The molecule has 1 aromatic heterocycles. The molecule has 4 aliphatic carbocycles. The first-order valence-electron chi connectivity index (χ1n) is 8.83. The van der Waals surface area contributed by atoms with Crippen molar-refractivity contribution in [3.63, 3.8) is 0 Å². The first-order valence-corrected chi connectivity index (χ1v) is 8.83. The maximum absolute atomic E-state index is 13.1. The third-order valence-corrected chi connectivity index (χ3v) is 6.37. The van der Waals surface area contributed by atoms with Crippen molar-refractivity contribution in [1.29, 1.82) is 0 Å². The second-order valence-corrected chi connectivity index (χ2v) is 8.11. The lowest BCUT2D eigenvalue weighted by Crippen LogP contribution is -2.52. The van der Waals surface area contributed by atoms with Gasteiger partial charge < -0.3 is 9.30 Å². The lowest BCUT2D eigenvalue weighted by molar-refractivity contribution is -0.152. The third-order valence-electron chi connectivity index (χ3n) is 6.37. The number of hydrogen-bond acceptors (Lipinski definition) is 3. The van der Waals surface area contributed by atoms with Crippen molar-refractivity contribution in [3.05, 3.63) is 24.0 Å². The van der Waals surface area contributed by atoms with E-state index < -0.39 is 12.1 Å². The zero-order valence-electron chi connectivity index (χ0n) is 14.0. The average Bonchev–Trinajstić information content (AvgIpc) is 2.91. The highest BCUT2D eigenvalue weighted by atomic mass is 16.5. The van der Waals surface area contributed by atoms with Crippen LogP contribution < -0.4 is 0 Å². The van der Waals surface area contributed by atoms with Crippen LogP contribution in [-0.2, 0) is 16.6 Å². The van der Waals surface area contributed by atoms with Crippen molar-refractivity contribution in [3.8, 4) is 0 Å². The summed E-state index contributed by atoms with van der Waals surface area (Å²) in [5.41, 5.74) is 0.290. The van der Waals surface area contributed by atoms with Gasteiger partial charge in [0, 0.05) is 18.7 Å². The Morgan fingerprint density at radius 2 is 1.74 bits per heavy atom. The number of esters is 1. The first-order chi connectivity index (χ1) is 11.0. The molecule has 0 unspecified atom stereocenters. The number of nitrogens with zero attached hydrogens (tertiary/aromatic N) is 1. The molecule has 0 aromatic carbocycles. The zero-order chi connectivity index (χ0) is 16.2. The van der Waals surface area contributed by atoms with Crippen molar-refractivity contribution in [2.75, 3.05) is 0 Å². The molecule has 4 aliphatic rings. The number of hydrogen-bond donors (Lipinski definition) is 0. The molecule has 5 rings (SSSR count). The fourth-order valence-electron chi connectivity index (χ4n) is 5.79. The number of Topliss-reactive ketones (excluding diaryl/α,β-unsaturated/α-hetero) is 1. The Hall–Kier alpha value is -1.58. The van der Waals surface area contributed by atoms with Crippen LogP contribution in [-0.4, -0.2) is 22.4 Å². The zero-order valence-corrected chi connectivity index (χ0v) is 14.0. The molecule has 0 aliphatic heterocycles. The molecule has 0 spiro atoms. The second-order valence-electron chi connectivity index (χ2n) is 8.11. The van der Waals surface area contributed by atoms with Gasteiger partial charge in [-0.3, -0.25) is 4.79 Å². The largest absolute Gasteiger partial charge is 0.450 e. The molecule has 0 saturated heterocycles. The molecular formula is C19H25NO3. The van der Waals surface area contributed by atoms with Crippen LogP contribution in [0.15, 0.2) is 18.3 Å². The van der Waals surface area contributed by atoms with Gasteiger partial charge in [0.2, 0.25) is 0 Å². The quantitative estimate of drug-likeness (QED) is 0.801. The van der Waals surface area contributed by atoms with Gasteiger partial charge in [0.25, 0.3) is 0 Å². The van der Waals surface area contributed by atoms with E-state index in [2.05, 4.69) is 0 Å². The van der Waals surface area contributed by atoms with E-state index in [4.69, 9.17) is 4.74 Å². The van der Waals surface area contributed by atoms with Crippen molar-refractivity contribution < 1.29 is 14.3 Å². The maximum atomic E-state index is 13.1. The summed E-state index contributed by atoms with van der Waals surface area (Å²) in [6.45, 7) is 1.75. The van der Waals surface area contributed by atoms with Gasteiger partial charge in [-0.2, -0.15) is 0 Å². The topological polar surface area (TPSA) is 48.3 Å². The van der Waals surface area contributed by atoms with Gasteiger partial charge in [0.1, 0.15) is 5.69 Å². The van der Waals surface area contributed by atoms with Crippen molar-refractivity contribution >= 4 is 11.8 Å². The Kier molecular flexibility index (Phi) is 3.40. The van der Waals surface area contributed by atoms with Gasteiger partial charge in [-0.1, -0.05) is 0 Å². The minimum atomic E-state index is -0.645. The van der Waals surface area contributed by atoms with E-state index in [1.165, 1.54) is 19.3 Å². The minimum absolute atomic E-state index is 0.166. The Balaban J connectivity index is 1.48. The van der Waals surface area contributed by atoms with E-state index in [0.29, 0.717) is 5.69 Å². The van der Waals surface area contributed by atoms with Crippen LogP contribution in [0.25, 0.3) is 0 Å². The van der Waals surface area contributed by atoms with E-state index in [9.17, 15) is 9.59 Å². The van der Waals surface area contributed by atoms with Gasteiger partial charge in [-0.25, -0.2) is 4.79 Å². The lowest BCUT2D eigenvalue weighted by atomic mass is 9.48. The number of carbonyl (C=O) groups is 2. The predicted octanol–water partition coefficient (Wildman–Crippen LogP) is 3.36. The number of aryl methyl sites for hydroxylation is 1. The fraction of sp³-hybridized carbons (Fsp3) is 0.684. The molecule has 124 valence electrons. The number of carbonyl (C=O) groups excluding carboxylic acids is 2. The number of ketones is 1. The molecule has 4 heteroatoms. The van der Waals surface area contributed by atoms with Gasteiger partial charge in [0.05, 0.1) is 0 Å². The summed E-state index contributed by atoms with van der Waals surface area (Å²) in [7, 11) is 1.81. The van der Waals surface area contributed by atoms with Gasteiger partial charge >= 0.3 is 5.97 Å². The van der Waals surface area contributed by atoms with Crippen LogP contribution in [0.3, 0.4) is 0 Å². The lowest BCUT2D eigenvalue weighted by Gasteiger charge is -2.56. The van der Waals surface area contributed by atoms with Crippen molar-refractivity contribution in [1.82, 2.24) is 4.57 Å². The van der Waals surface area contributed by atoms with E-state index in [0.717, 1.165) is 37.0 Å². The summed E-state index contributed by atoms with van der Waals surface area (Å²) in [5.74, 6) is 1.94. The van der Waals surface area contributed by atoms with Crippen LogP contribution in [0, 0.1) is 23.2 Å². The molecule has 0 amide bonds. The van der Waals surface area contributed by atoms with Crippen LogP contribution in [0.2, 0.25) is 0 Å². The molecule has 0 radical (unpaired) electrons. The Morgan fingerprint density at radius 3 is 2.22 bits per heavy atom. The van der Waals surface area contributed by atoms with Gasteiger partial charge in [-0.05, 0) is 75.3 Å². The first kappa shape index (κ1) is 15.0. The van der Waals surface area contributed by atoms with E-state index in [1.54, 1.807) is 17.6 Å². The van der Waals surface area contributed by atoms with E-state index in [-0.39, 0.29) is 11.2 Å². The number of ether oxygens (including phenoxy) is 1. The average molecular weight is 315 g/mol. The maximum Gasteiger partial charge on any atom is 0.355 e. The third kappa shape index (κ3) is 2.43. The van der Waals surface area contributed by atoms with Crippen LogP contribution >= 0.6 is 0 Å².